The molecule has 0 aromatic rings. The first kappa shape index (κ1) is 8.31. The number of allylic oxidation sites excluding steroid dienone is 2. The maximum Gasteiger partial charge on any atom is -0.00461 e. The largest absolute Gasteiger partial charge is 0.330 e. The summed E-state index contributed by atoms with van der Waals surface area (Å²) >= 11 is 0. The highest BCUT2D eigenvalue weighted by Gasteiger charge is 2.29. The Morgan fingerprint density at radius 1 is 1.33 bits per heavy atom. The Morgan fingerprint density at radius 2 is 2.17 bits per heavy atom. The van der Waals surface area contributed by atoms with E-state index in [2.05, 4.69) is 6.08 Å². The van der Waals surface area contributed by atoms with Gasteiger partial charge in [-0.3, -0.25) is 0 Å². The maximum atomic E-state index is 5.68. The van der Waals surface area contributed by atoms with Gasteiger partial charge in [0, 0.05) is 0 Å². The third-order valence-corrected chi connectivity index (χ3v) is 3.54. The molecule has 0 bridgehead atoms. The number of hydrogen-bond donors (Lipinski definition) is 1. The molecule has 1 saturated carbocycles. The van der Waals surface area contributed by atoms with E-state index in [1.807, 2.05) is 0 Å². The Bertz CT molecular complexity index is 181. The average molecular weight is 165 g/mol. The van der Waals surface area contributed by atoms with Crippen LogP contribution in [0.2, 0.25) is 0 Å². The highest BCUT2D eigenvalue weighted by molar-refractivity contribution is 5.09. The van der Waals surface area contributed by atoms with Crippen LogP contribution in [0, 0.1) is 11.8 Å². The molecule has 0 heterocycles. The molecule has 1 heteroatoms. The van der Waals surface area contributed by atoms with Gasteiger partial charge in [-0.25, -0.2) is 0 Å². The summed E-state index contributed by atoms with van der Waals surface area (Å²) in [6.07, 6.45) is 10.7. The molecule has 2 N–H and O–H groups in total. The van der Waals surface area contributed by atoms with E-state index in [0.29, 0.717) is 0 Å². The predicted octanol–water partition coefficient (Wildman–Crippen LogP) is 2.47. The monoisotopic (exact) mass is 165 g/mol. The van der Waals surface area contributed by atoms with Crippen LogP contribution in [0.4, 0.5) is 0 Å². The fraction of sp³-hybridized carbons (Fsp3) is 0.818. The molecule has 0 aromatic carbocycles. The summed E-state index contributed by atoms with van der Waals surface area (Å²) in [7, 11) is 0. The number of nitrogens with two attached hydrogens (primary N) is 1. The summed E-state index contributed by atoms with van der Waals surface area (Å²) in [6, 6.07) is 0. The summed E-state index contributed by atoms with van der Waals surface area (Å²) in [4.78, 5) is 0. The van der Waals surface area contributed by atoms with Crippen molar-refractivity contribution in [1.82, 2.24) is 0 Å². The van der Waals surface area contributed by atoms with Gasteiger partial charge in [0.1, 0.15) is 0 Å². The maximum absolute atomic E-state index is 5.68. The summed E-state index contributed by atoms with van der Waals surface area (Å²) in [5.41, 5.74) is 7.40. The Morgan fingerprint density at radius 3 is 2.67 bits per heavy atom. The molecule has 2 aliphatic rings. The molecule has 2 unspecified atom stereocenters. The van der Waals surface area contributed by atoms with Crippen LogP contribution >= 0.6 is 0 Å². The lowest BCUT2D eigenvalue weighted by molar-refractivity contribution is 0.182. The molecule has 0 aromatic heterocycles. The second-order valence-electron chi connectivity index (χ2n) is 4.29. The topological polar surface area (TPSA) is 26.0 Å². The van der Waals surface area contributed by atoms with Gasteiger partial charge in [0.25, 0.3) is 0 Å². The third kappa shape index (κ3) is 1.56. The molecule has 68 valence electrons. The Labute approximate surface area is 75.0 Å². The number of rotatable bonds is 3. The van der Waals surface area contributed by atoms with Crippen LogP contribution in [-0.4, -0.2) is 6.54 Å². The molecule has 0 amide bonds. The standard InChI is InChI=1S/C11H19N/c12-8-11-6-5-10(11)7-9-3-1-2-4-9/h3,10-11H,1-2,4-8,12H2. The van der Waals surface area contributed by atoms with Crippen LogP contribution in [-0.2, 0) is 0 Å². The summed E-state index contributed by atoms with van der Waals surface area (Å²) in [5, 5.41) is 0. The zero-order valence-corrected chi connectivity index (χ0v) is 7.76. The van der Waals surface area contributed by atoms with Gasteiger partial charge in [0.15, 0.2) is 0 Å². The smallest absolute Gasteiger partial charge is 0.00461 e. The average Bonchev–Trinajstić information content (AvgIpc) is 2.51. The molecule has 0 radical (unpaired) electrons. The second kappa shape index (κ2) is 3.61. The molecule has 0 aliphatic heterocycles. The van der Waals surface area contributed by atoms with E-state index in [9.17, 15) is 0 Å². The van der Waals surface area contributed by atoms with E-state index in [1.54, 1.807) is 5.57 Å². The SMILES string of the molecule is NCC1CCC1CC1=CCCC1. The minimum atomic E-state index is 0.853. The Kier molecular flexibility index (Phi) is 2.50. The van der Waals surface area contributed by atoms with Crippen molar-refractivity contribution >= 4 is 0 Å². The van der Waals surface area contributed by atoms with Gasteiger partial charge in [0.05, 0.1) is 0 Å². The quantitative estimate of drug-likeness (QED) is 0.639. The van der Waals surface area contributed by atoms with E-state index in [0.717, 1.165) is 18.4 Å². The van der Waals surface area contributed by atoms with Crippen molar-refractivity contribution in [3.05, 3.63) is 11.6 Å². The van der Waals surface area contributed by atoms with Gasteiger partial charge in [-0.15, -0.1) is 0 Å². The van der Waals surface area contributed by atoms with E-state index in [4.69, 9.17) is 5.73 Å². The highest BCUT2D eigenvalue weighted by atomic mass is 14.6. The van der Waals surface area contributed by atoms with Gasteiger partial charge in [-0.05, 0) is 56.9 Å². The minimum Gasteiger partial charge on any atom is -0.330 e. The van der Waals surface area contributed by atoms with E-state index in [1.165, 1.54) is 38.5 Å². The van der Waals surface area contributed by atoms with Crippen molar-refractivity contribution in [2.75, 3.05) is 6.54 Å². The summed E-state index contributed by atoms with van der Waals surface area (Å²) < 4.78 is 0. The van der Waals surface area contributed by atoms with Gasteiger partial charge in [-0.2, -0.15) is 0 Å². The van der Waals surface area contributed by atoms with Gasteiger partial charge in [0.2, 0.25) is 0 Å². The molecule has 0 saturated heterocycles. The highest BCUT2D eigenvalue weighted by Crippen LogP contribution is 2.39. The van der Waals surface area contributed by atoms with Crippen LogP contribution in [0.5, 0.6) is 0 Å². The lowest BCUT2D eigenvalue weighted by Crippen LogP contribution is -2.32. The number of hydrogen-bond acceptors (Lipinski definition) is 1. The van der Waals surface area contributed by atoms with E-state index >= 15 is 0 Å². The van der Waals surface area contributed by atoms with Crippen molar-refractivity contribution in [1.29, 1.82) is 0 Å². The van der Waals surface area contributed by atoms with Crippen molar-refractivity contribution in [2.24, 2.45) is 17.6 Å². The third-order valence-electron chi connectivity index (χ3n) is 3.54. The van der Waals surface area contributed by atoms with Crippen molar-refractivity contribution in [2.45, 2.75) is 38.5 Å². The van der Waals surface area contributed by atoms with Crippen LogP contribution < -0.4 is 5.73 Å². The normalized spacial score (nSPS) is 34.6. The fourth-order valence-electron chi connectivity index (χ4n) is 2.48. The van der Waals surface area contributed by atoms with Crippen LogP contribution in [0.1, 0.15) is 38.5 Å². The molecular formula is C11H19N. The second-order valence-corrected chi connectivity index (χ2v) is 4.29. The molecule has 1 nitrogen and oxygen atoms in total. The van der Waals surface area contributed by atoms with Crippen molar-refractivity contribution < 1.29 is 0 Å². The minimum absolute atomic E-state index is 0.853. The summed E-state index contributed by atoms with van der Waals surface area (Å²) in [6.45, 7) is 0.915. The first-order chi connectivity index (χ1) is 5.90. The lowest BCUT2D eigenvalue weighted by atomic mass is 9.70. The molecule has 12 heavy (non-hydrogen) atoms. The first-order valence-corrected chi connectivity index (χ1v) is 5.28. The van der Waals surface area contributed by atoms with Crippen LogP contribution in [0.25, 0.3) is 0 Å². The van der Waals surface area contributed by atoms with Crippen molar-refractivity contribution in [3.8, 4) is 0 Å². The van der Waals surface area contributed by atoms with Gasteiger partial charge < -0.3 is 5.73 Å². The lowest BCUT2D eigenvalue weighted by Gasteiger charge is -2.36. The molecular weight excluding hydrogens is 146 g/mol. The van der Waals surface area contributed by atoms with Crippen LogP contribution in [0.15, 0.2) is 11.6 Å². The zero-order chi connectivity index (χ0) is 8.39. The first-order valence-electron chi connectivity index (χ1n) is 5.28. The molecule has 2 atom stereocenters. The predicted molar refractivity (Wildman–Crippen MR) is 51.8 cm³/mol. The summed E-state index contributed by atoms with van der Waals surface area (Å²) in [5.74, 6) is 1.80. The van der Waals surface area contributed by atoms with Gasteiger partial charge >= 0.3 is 0 Å². The molecule has 2 aliphatic carbocycles. The van der Waals surface area contributed by atoms with Crippen molar-refractivity contribution in [3.63, 3.8) is 0 Å². The van der Waals surface area contributed by atoms with E-state index < -0.39 is 0 Å². The molecule has 0 spiro atoms. The Balaban J connectivity index is 1.79. The zero-order valence-electron chi connectivity index (χ0n) is 7.76. The Hall–Kier alpha value is -0.300. The molecule has 1 fully saturated rings. The molecule has 2 rings (SSSR count). The fourth-order valence-corrected chi connectivity index (χ4v) is 2.48. The van der Waals surface area contributed by atoms with Crippen LogP contribution in [0.3, 0.4) is 0 Å². The van der Waals surface area contributed by atoms with E-state index in [-0.39, 0.29) is 0 Å². The van der Waals surface area contributed by atoms with Gasteiger partial charge in [-0.1, -0.05) is 11.6 Å².